The van der Waals surface area contributed by atoms with Gasteiger partial charge in [-0.15, -0.1) is 11.3 Å². The number of carbonyl (C=O) groups excluding carboxylic acids is 1. The molecule has 206 valence electrons. The molecule has 7 nitrogen and oxygen atoms in total. The molecule has 0 aliphatic rings. The van der Waals surface area contributed by atoms with E-state index in [9.17, 15) is 44.7 Å². The number of anilines is 2. The number of ether oxygens (including phenoxy) is 1. The zero-order valence-electron chi connectivity index (χ0n) is 19.6. The molecule has 3 aromatic rings. The first kappa shape index (κ1) is 29.3. The summed E-state index contributed by atoms with van der Waals surface area (Å²) in [6.45, 7) is 2.17. The van der Waals surface area contributed by atoms with E-state index in [0.717, 1.165) is 22.5 Å². The van der Waals surface area contributed by atoms with E-state index < -0.39 is 50.0 Å². The lowest BCUT2D eigenvalue weighted by Gasteiger charge is -2.32. The zero-order valence-corrected chi connectivity index (χ0v) is 21.2. The Morgan fingerprint density at radius 2 is 1.63 bits per heavy atom. The van der Waals surface area contributed by atoms with Crippen molar-refractivity contribution in [2.45, 2.75) is 29.8 Å². The van der Waals surface area contributed by atoms with Crippen LogP contribution in [0, 0.1) is 0 Å². The molecule has 1 heterocycles. The van der Waals surface area contributed by atoms with Crippen molar-refractivity contribution in [2.75, 3.05) is 23.3 Å². The highest BCUT2D eigenvalue weighted by Gasteiger charge is 2.71. The molecule has 0 bridgehead atoms. The van der Waals surface area contributed by atoms with Crippen molar-refractivity contribution in [3.05, 3.63) is 70.4 Å². The Morgan fingerprint density at radius 1 is 1.03 bits per heavy atom. The zero-order chi connectivity index (χ0) is 28.5. The molecule has 0 saturated carbocycles. The summed E-state index contributed by atoms with van der Waals surface area (Å²) >= 11 is 0.696. The van der Waals surface area contributed by atoms with Crippen molar-refractivity contribution in [3.8, 4) is 5.75 Å². The number of hydrogen-bond acceptors (Lipinski definition) is 6. The maximum Gasteiger partial charge on any atom is 0.430 e. The highest BCUT2D eigenvalue weighted by molar-refractivity contribution is 7.93. The number of nitrogens with zero attached hydrogens (tertiary/aromatic N) is 1. The van der Waals surface area contributed by atoms with Gasteiger partial charge in [0.05, 0.1) is 12.3 Å². The van der Waals surface area contributed by atoms with Gasteiger partial charge in [-0.05, 0) is 54.8 Å². The van der Waals surface area contributed by atoms with Crippen LogP contribution in [0.1, 0.15) is 22.2 Å². The Balaban J connectivity index is 1.91. The van der Waals surface area contributed by atoms with Crippen LogP contribution in [0.3, 0.4) is 0 Å². The minimum absolute atomic E-state index is 0.234. The number of halogens is 6. The molecule has 3 rings (SSSR count). The standard InChI is InChI=1S/C23H20F6N2O5S2/c1-3-36-17-9-7-16(8-10-17)31(2)38(34,35)18-11-12-37-19(18)20(32)30-15-6-4-5-14(13-15)21(33,22(24,25)26)23(27,28)29/h4-13,33H,3H2,1-2H3,(H,30,32). The minimum atomic E-state index is -6.12. The number of alkyl halides is 6. The predicted octanol–water partition coefficient (Wildman–Crippen LogP) is 5.54. The fourth-order valence-corrected chi connectivity index (χ4v) is 5.86. The SMILES string of the molecule is CCOc1ccc(N(C)S(=O)(=O)c2ccsc2C(=O)Nc2cccc(C(O)(C(F)(F)F)C(F)(F)F)c2)cc1. The third-order valence-corrected chi connectivity index (χ3v) is 8.21. The van der Waals surface area contributed by atoms with E-state index in [-0.39, 0.29) is 10.6 Å². The quantitative estimate of drug-likeness (QED) is 0.341. The molecule has 1 amide bonds. The lowest BCUT2D eigenvalue weighted by atomic mass is 9.92. The molecule has 0 aliphatic heterocycles. The summed E-state index contributed by atoms with van der Waals surface area (Å²) in [4.78, 5) is 12.1. The van der Waals surface area contributed by atoms with Gasteiger partial charge in [0.25, 0.3) is 21.5 Å². The number of carbonyl (C=O) groups is 1. The maximum atomic E-state index is 13.2. The average Bonchev–Trinajstić information content (AvgIpc) is 3.34. The van der Waals surface area contributed by atoms with Gasteiger partial charge in [-0.3, -0.25) is 9.10 Å². The first-order valence-corrected chi connectivity index (χ1v) is 12.9. The maximum absolute atomic E-state index is 13.2. The topological polar surface area (TPSA) is 95.9 Å². The molecule has 1 aromatic heterocycles. The van der Waals surface area contributed by atoms with E-state index in [0.29, 0.717) is 35.8 Å². The Kier molecular flexibility index (Phi) is 8.05. The second kappa shape index (κ2) is 10.5. The van der Waals surface area contributed by atoms with E-state index in [2.05, 4.69) is 5.32 Å². The van der Waals surface area contributed by atoms with E-state index in [4.69, 9.17) is 4.74 Å². The van der Waals surface area contributed by atoms with Crippen LogP contribution in [0.25, 0.3) is 0 Å². The first-order valence-electron chi connectivity index (χ1n) is 10.6. The van der Waals surface area contributed by atoms with Gasteiger partial charge in [0.1, 0.15) is 15.5 Å². The summed E-state index contributed by atoms with van der Waals surface area (Å²) in [6.07, 6.45) is -12.2. The number of amides is 1. The summed E-state index contributed by atoms with van der Waals surface area (Å²) in [6, 6.07) is 9.66. The van der Waals surface area contributed by atoms with Crippen LogP contribution in [0.2, 0.25) is 0 Å². The largest absolute Gasteiger partial charge is 0.494 e. The van der Waals surface area contributed by atoms with Crippen LogP contribution in [0.4, 0.5) is 37.7 Å². The third kappa shape index (κ3) is 5.44. The summed E-state index contributed by atoms with van der Waals surface area (Å²) < 4.78 is 112. The molecule has 0 saturated heterocycles. The lowest BCUT2D eigenvalue weighted by Crippen LogP contribution is -2.53. The van der Waals surface area contributed by atoms with Gasteiger partial charge in [-0.25, -0.2) is 8.42 Å². The molecular weight excluding hydrogens is 562 g/mol. The van der Waals surface area contributed by atoms with Crippen LogP contribution in [0.5, 0.6) is 5.75 Å². The Bertz CT molecular complexity index is 1390. The van der Waals surface area contributed by atoms with Crippen molar-refractivity contribution in [3.63, 3.8) is 0 Å². The molecule has 0 spiro atoms. The Hall–Kier alpha value is -3.30. The van der Waals surface area contributed by atoms with Crippen molar-refractivity contribution in [1.29, 1.82) is 0 Å². The second-order valence-corrected chi connectivity index (χ2v) is 10.6. The van der Waals surface area contributed by atoms with E-state index in [1.165, 1.54) is 24.6 Å². The van der Waals surface area contributed by atoms with Gasteiger partial charge in [-0.2, -0.15) is 26.3 Å². The van der Waals surface area contributed by atoms with Gasteiger partial charge in [-0.1, -0.05) is 12.1 Å². The van der Waals surface area contributed by atoms with Crippen molar-refractivity contribution in [1.82, 2.24) is 0 Å². The monoisotopic (exact) mass is 582 g/mol. The number of hydrogen-bond donors (Lipinski definition) is 2. The highest BCUT2D eigenvalue weighted by atomic mass is 32.2. The van der Waals surface area contributed by atoms with Gasteiger partial charge < -0.3 is 15.2 Å². The molecule has 0 unspecified atom stereocenters. The van der Waals surface area contributed by atoms with Gasteiger partial charge in [0.15, 0.2) is 0 Å². The fraction of sp³-hybridized carbons (Fsp3) is 0.261. The molecule has 2 N–H and O–H groups in total. The molecule has 0 fully saturated rings. The van der Waals surface area contributed by atoms with Crippen LogP contribution >= 0.6 is 11.3 Å². The van der Waals surface area contributed by atoms with Crippen LogP contribution < -0.4 is 14.4 Å². The smallest absolute Gasteiger partial charge is 0.430 e. The van der Waals surface area contributed by atoms with E-state index >= 15 is 0 Å². The normalized spacial score (nSPS) is 12.8. The van der Waals surface area contributed by atoms with Crippen LogP contribution in [-0.4, -0.2) is 45.4 Å². The summed E-state index contributed by atoms with van der Waals surface area (Å²) in [7, 11) is -3.07. The van der Waals surface area contributed by atoms with Gasteiger partial charge in [0.2, 0.25) is 0 Å². The molecule has 0 aliphatic carbocycles. The summed E-state index contributed by atoms with van der Waals surface area (Å²) in [5, 5.41) is 13.0. The van der Waals surface area contributed by atoms with E-state index in [1.54, 1.807) is 19.1 Å². The fourth-order valence-electron chi connectivity index (χ4n) is 3.37. The van der Waals surface area contributed by atoms with Gasteiger partial charge >= 0.3 is 12.4 Å². The number of rotatable bonds is 8. The minimum Gasteiger partial charge on any atom is -0.494 e. The predicted molar refractivity (Wildman–Crippen MR) is 128 cm³/mol. The number of benzene rings is 2. The van der Waals surface area contributed by atoms with Crippen molar-refractivity contribution in [2.24, 2.45) is 0 Å². The molecule has 38 heavy (non-hydrogen) atoms. The second-order valence-electron chi connectivity index (χ2n) is 7.75. The first-order chi connectivity index (χ1) is 17.5. The number of sulfonamides is 1. The number of nitrogens with one attached hydrogen (secondary N) is 1. The molecule has 0 atom stereocenters. The Morgan fingerprint density at radius 3 is 2.18 bits per heavy atom. The van der Waals surface area contributed by atoms with Crippen molar-refractivity contribution < 1.29 is 49.4 Å². The van der Waals surface area contributed by atoms with Crippen LogP contribution in [0.15, 0.2) is 64.9 Å². The Labute approximate surface area is 217 Å². The number of thiophene rings is 1. The molecule has 2 aromatic carbocycles. The number of aliphatic hydroxyl groups is 1. The average molecular weight is 583 g/mol. The van der Waals surface area contributed by atoms with Crippen LogP contribution in [-0.2, 0) is 15.6 Å². The molecule has 0 radical (unpaired) electrons. The third-order valence-electron chi connectivity index (χ3n) is 5.34. The molecular formula is C23H20F6N2O5S2. The lowest BCUT2D eigenvalue weighted by molar-refractivity contribution is -0.376. The van der Waals surface area contributed by atoms with Gasteiger partial charge in [0, 0.05) is 18.3 Å². The van der Waals surface area contributed by atoms with E-state index in [1.807, 2.05) is 0 Å². The molecule has 15 heteroatoms. The summed E-state index contributed by atoms with van der Waals surface area (Å²) in [5.74, 6) is -0.596. The highest BCUT2D eigenvalue weighted by Crippen LogP contribution is 2.50. The summed E-state index contributed by atoms with van der Waals surface area (Å²) in [5.41, 5.74) is -7.07. The van der Waals surface area contributed by atoms with Crippen molar-refractivity contribution >= 4 is 38.6 Å².